The van der Waals surface area contributed by atoms with E-state index in [0.29, 0.717) is 12.3 Å². The number of carbonyl (C=O) groups excluding carboxylic acids is 2. The van der Waals surface area contributed by atoms with Crippen LogP contribution in [0.2, 0.25) is 0 Å². The molecule has 1 saturated heterocycles. The van der Waals surface area contributed by atoms with Crippen LogP contribution >= 0.6 is 12.4 Å². The van der Waals surface area contributed by atoms with E-state index in [4.69, 9.17) is 0 Å². The summed E-state index contributed by atoms with van der Waals surface area (Å²) in [5, 5.41) is 6.17. The maximum atomic E-state index is 12.4. The van der Waals surface area contributed by atoms with E-state index in [2.05, 4.69) is 10.6 Å². The summed E-state index contributed by atoms with van der Waals surface area (Å²) in [6, 6.07) is -0.217. The number of piperazine rings is 1. The van der Waals surface area contributed by atoms with Crippen molar-refractivity contribution in [2.75, 3.05) is 19.6 Å². The van der Waals surface area contributed by atoms with Gasteiger partial charge in [0.1, 0.15) is 6.04 Å². The molecule has 2 amide bonds. The molecule has 128 valence electrons. The molecule has 0 bridgehead atoms. The second-order valence-corrected chi connectivity index (χ2v) is 6.58. The third kappa shape index (κ3) is 5.43. The van der Waals surface area contributed by atoms with Crippen molar-refractivity contribution in [3.63, 3.8) is 0 Å². The van der Waals surface area contributed by atoms with Gasteiger partial charge in [-0.05, 0) is 32.6 Å². The fourth-order valence-electron chi connectivity index (χ4n) is 3.43. The molecule has 1 saturated carbocycles. The summed E-state index contributed by atoms with van der Waals surface area (Å²) in [7, 11) is 0. The van der Waals surface area contributed by atoms with Gasteiger partial charge < -0.3 is 15.5 Å². The molecule has 2 fully saturated rings. The smallest absolute Gasteiger partial charge is 0.245 e. The molecule has 1 aliphatic heterocycles. The largest absolute Gasteiger partial charge is 0.345 e. The van der Waals surface area contributed by atoms with Gasteiger partial charge in [-0.15, -0.1) is 12.4 Å². The number of carbonyl (C=O) groups is 2. The Morgan fingerprint density at radius 2 is 1.95 bits per heavy atom. The van der Waals surface area contributed by atoms with Gasteiger partial charge in [0.25, 0.3) is 0 Å². The molecule has 2 rings (SSSR count). The van der Waals surface area contributed by atoms with Crippen molar-refractivity contribution in [2.24, 2.45) is 5.92 Å². The molecule has 22 heavy (non-hydrogen) atoms. The Morgan fingerprint density at radius 1 is 1.27 bits per heavy atom. The highest BCUT2D eigenvalue weighted by atomic mass is 35.5. The summed E-state index contributed by atoms with van der Waals surface area (Å²) < 4.78 is 0. The quantitative estimate of drug-likeness (QED) is 0.824. The Hall–Kier alpha value is -0.810. The molecule has 1 aliphatic carbocycles. The van der Waals surface area contributed by atoms with Crippen LogP contribution in [-0.4, -0.2) is 48.4 Å². The second-order valence-electron chi connectivity index (χ2n) is 6.58. The van der Waals surface area contributed by atoms with E-state index in [1.165, 1.54) is 19.3 Å². The van der Waals surface area contributed by atoms with Crippen LogP contribution in [0.5, 0.6) is 0 Å². The first-order chi connectivity index (χ1) is 10.1. The number of amides is 2. The molecule has 2 atom stereocenters. The Bertz CT molecular complexity index is 372. The number of halogens is 1. The lowest BCUT2D eigenvalue weighted by molar-refractivity contribution is -0.138. The lowest BCUT2D eigenvalue weighted by atomic mass is 9.87. The van der Waals surface area contributed by atoms with Crippen molar-refractivity contribution in [1.82, 2.24) is 15.5 Å². The maximum absolute atomic E-state index is 12.4. The van der Waals surface area contributed by atoms with E-state index in [9.17, 15) is 9.59 Å². The van der Waals surface area contributed by atoms with Gasteiger partial charge in [0.15, 0.2) is 0 Å². The topological polar surface area (TPSA) is 61.4 Å². The first kappa shape index (κ1) is 19.2. The van der Waals surface area contributed by atoms with Crippen LogP contribution in [0.25, 0.3) is 0 Å². The molecule has 0 radical (unpaired) electrons. The van der Waals surface area contributed by atoms with Crippen LogP contribution in [0, 0.1) is 5.92 Å². The van der Waals surface area contributed by atoms with E-state index in [1.807, 2.05) is 11.8 Å². The third-order valence-corrected chi connectivity index (χ3v) is 4.73. The lowest BCUT2D eigenvalue weighted by Gasteiger charge is -2.35. The predicted octanol–water partition coefficient (Wildman–Crippen LogP) is 1.70. The number of hydrogen-bond acceptors (Lipinski definition) is 3. The van der Waals surface area contributed by atoms with Crippen molar-refractivity contribution in [2.45, 2.75) is 64.5 Å². The molecule has 0 spiro atoms. The average Bonchev–Trinajstić information content (AvgIpc) is 2.48. The van der Waals surface area contributed by atoms with E-state index >= 15 is 0 Å². The van der Waals surface area contributed by atoms with Crippen molar-refractivity contribution >= 4 is 24.2 Å². The highest BCUT2D eigenvalue weighted by Gasteiger charge is 2.28. The molecule has 6 heteroatoms. The molecule has 5 nitrogen and oxygen atoms in total. The van der Waals surface area contributed by atoms with Crippen LogP contribution in [0.15, 0.2) is 0 Å². The SMILES string of the molecule is CC(NC(=O)CC1CCCCC1)C(=O)N1CCNC[C@H]1C.Cl. The monoisotopic (exact) mass is 331 g/mol. The summed E-state index contributed by atoms with van der Waals surface area (Å²) in [4.78, 5) is 26.4. The molecule has 0 aromatic carbocycles. The van der Waals surface area contributed by atoms with Crippen molar-refractivity contribution in [3.05, 3.63) is 0 Å². The van der Waals surface area contributed by atoms with Crippen LogP contribution in [0.3, 0.4) is 0 Å². The number of hydrogen-bond donors (Lipinski definition) is 2. The fraction of sp³-hybridized carbons (Fsp3) is 0.875. The van der Waals surface area contributed by atoms with Crippen molar-refractivity contribution in [3.8, 4) is 0 Å². The molecule has 1 unspecified atom stereocenters. The third-order valence-electron chi connectivity index (χ3n) is 4.73. The standard InChI is InChI=1S/C16H29N3O2.ClH/c1-12-11-17-8-9-19(12)16(21)13(2)18-15(20)10-14-6-4-3-5-7-14;/h12-14,17H,3-11H2,1-2H3,(H,18,20);1H/t12-,13?;/m1./s1. The van der Waals surface area contributed by atoms with Gasteiger partial charge in [-0.3, -0.25) is 9.59 Å². The van der Waals surface area contributed by atoms with Crippen LogP contribution < -0.4 is 10.6 Å². The fourth-order valence-corrected chi connectivity index (χ4v) is 3.43. The first-order valence-electron chi connectivity index (χ1n) is 8.38. The molecular formula is C16H30ClN3O2. The van der Waals surface area contributed by atoms with Gasteiger partial charge in [0.05, 0.1) is 0 Å². The van der Waals surface area contributed by atoms with Gasteiger partial charge in [0, 0.05) is 32.1 Å². The Kier molecular flexibility index (Phi) is 8.18. The van der Waals surface area contributed by atoms with Gasteiger partial charge in [-0.1, -0.05) is 19.3 Å². The minimum absolute atomic E-state index is 0. The summed E-state index contributed by atoms with van der Waals surface area (Å²) in [6.07, 6.45) is 6.67. The summed E-state index contributed by atoms with van der Waals surface area (Å²) in [6.45, 7) is 6.23. The minimum atomic E-state index is -0.415. The Labute approximate surface area is 140 Å². The van der Waals surface area contributed by atoms with Crippen LogP contribution in [0.4, 0.5) is 0 Å². The zero-order valence-electron chi connectivity index (χ0n) is 13.8. The van der Waals surface area contributed by atoms with Crippen molar-refractivity contribution < 1.29 is 9.59 Å². The van der Waals surface area contributed by atoms with E-state index < -0.39 is 6.04 Å². The van der Waals surface area contributed by atoms with Gasteiger partial charge >= 0.3 is 0 Å². The average molecular weight is 332 g/mol. The zero-order chi connectivity index (χ0) is 15.2. The number of rotatable bonds is 4. The van der Waals surface area contributed by atoms with Crippen molar-refractivity contribution in [1.29, 1.82) is 0 Å². The summed E-state index contributed by atoms with van der Waals surface area (Å²) in [5.41, 5.74) is 0. The van der Waals surface area contributed by atoms with E-state index in [1.54, 1.807) is 6.92 Å². The molecular weight excluding hydrogens is 302 g/mol. The van der Waals surface area contributed by atoms with Gasteiger partial charge in [-0.25, -0.2) is 0 Å². The van der Waals surface area contributed by atoms with Crippen LogP contribution in [-0.2, 0) is 9.59 Å². The lowest BCUT2D eigenvalue weighted by Crippen LogP contribution is -2.57. The summed E-state index contributed by atoms with van der Waals surface area (Å²) >= 11 is 0. The number of nitrogens with zero attached hydrogens (tertiary/aromatic N) is 1. The van der Waals surface area contributed by atoms with E-state index in [0.717, 1.165) is 32.5 Å². The number of nitrogens with one attached hydrogen (secondary N) is 2. The van der Waals surface area contributed by atoms with E-state index in [-0.39, 0.29) is 30.3 Å². The summed E-state index contributed by atoms with van der Waals surface area (Å²) in [5.74, 6) is 0.589. The predicted molar refractivity (Wildman–Crippen MR) is 90.1 cm³/mol. The molecule has 0 aromatic rings. The Morgan fingerprint density at radius 3 is 2.59 bits per heavy atom. The normalized spacial score (nSPS) is 24.3. The zero-order valence-corrected chi connectivity index (χ0v) is 14.6. The highest BCUT2D eigenvalue weighted by Crippen LogP contribution is 2.26. The Balaban J connectivity index is 0.00000242. The highest BCUT2D eigenvalue weighted by molar-refractivity contribution is 5.87. The molecule has 1 heterocycles. The van der Waals surface area contributed by atoms with Crippen LogP contribution in [0.1, 0.15) is 52.4 Å². The van der Waals surface area contributed by atoms with Gasteiger partial charge in [-0.2, -0.15) is 0 Å². The first-order valence-corrected chi connectivity index (χ1v) is 8.38. The molecule has 2 aliphatic rings. The molecule has 0 aromatic heterocycles. The second kappa shape index (κ2) is 9.36. The molecule has 2 N–H and O–H groups in total. The maximum Gasteiger partial charge on any atom is 0.245 e. The van der Waals surface area contributed by atoms with Gasteiger partial charge in [0.2, 0.25) is 11.8 Å². The minimum Gasteiger partial charge on any atom is -0.345 e.